The van der Waals surface area contributed by atoms with Gasteiger partial charge in [-0.1, -0.05) is 37.3 Å². The van der Waals surface area contributed by atoms with Gasteiger partial charge in [0, 0.05) is 11.4 Å². The van der Waals surface area contributed by atoms with Gasteiger partial charge in [-0.15, -0.1) is 11.3 Å². The van der Waals surface area contributed by atoms with Crippen LogP contribution in [-0.2, 0) is 25.8 Å². The Morgan fingerprint density at radius 1 is 1.29 bits per heavy atom. The van der Waals surface area contributed by atoms with Crippen molar-refractivity contribution in [3.63, 3.8) is 0 Å². The van der Waals surface area contributed by atoms with Gasteiger partial charge in [-0.3, -0.25) is 9.69 Å². The monoisotopic (exact) mass is 397 g/mol. The van der Waals surface area contributed by atoms with Gasteiger partial charge >= 0.3 is 0 Å². The molecule has 2 N–H and O–H groups in total. The number of aromatic nitrogens is 2. The molecule has 148 valence electrons. The fourth-order valence-corrected chi connectivity index (χ4v) is 5.41. The first kappa shape index (κ1) is 19.3. The van der Waals surface area contributed by atoms with Crippen LogP contribution in [0.5, 0.6) is 0 Å². The lowest BCUT2D eigenvalue weighted by atomic mass is 10.1. The van der Waals surface area contributed by atoms with E-state index in [2.05, 4.69) is 16.8 Å². The Morgan fingerprint density at radius 3 is 2.89 bits per heavy atom. The van der Waals surface area contributed by atoms with Crippen molar-refractivity contribution in [3.8, 4) is 0 Å². The summed E-state index contributed by atoms with van der Waals surface area (Å²) in [6.45, 7) is 4.09. The van der Waals surface area contributed by atoms with Crippen LogP contribution in [0.2, 0.25) is 0 Å². The van der Waals surface area contributed by atoms with Crippen molar-refractivity contribution in [2.45, 2.75) is 51.7 Å². The highest BCUT2D eigenvalue weighted by Crippen LogP contribution is 2.34. The minimum absolute atomic E-state index is 0.0133. The van der Waals surface area contributed by atoms with Crippen LogP contribution in [0.4, 0.5) is 0 Å². The molecular weight excluding hydrogens is 370 g/mol. The number of aliphatic hydroxyl groups is 1. The molecule has 0 aliphatic heterocycles. The van der Waals surface area contributed by atoms with Crippen molar-refractivity contribution in [1.29, 1.82) is 0 Å². The number of rotatable bonds is 8. The van der Waals surface area contributed by atoms with Crippen LogP contribution in [0, 0.1) is 0 Å². The summed E-state index contributed by atoms with van der Waals surface area (Å²) in [5.41, 5.74) is 2.33. The second kappa shape index (κ2) is 8.55. The van der Waals surface area contributed by atoms with E-state index in [1.807, 2.05) is 30.3 Å². The van der Waals surface area contributed by atoms with E-state index in [1.165, 1.54) is 10.4 Å². The normalized spacial score (nSPS) is 14.7. The predicted molar refractivity (Wildman–Crippen MR) is 114 cm³/mol. The maximum absolute atomic E-state index is 12.7. The molecule has 4 rings (SSSR count). The van der Waals surface area contributed by atoms with Crippen LogP contribution in [0.3, 0.4) is 0 Å². The van der Waals surface area contributed by atoms with Crippen molar-refractivity contribution in [1.82, 2.24) is 14.9 Å². The number of nitrogens with one attached hydrogen (secondary N) is 1. The maximum Gasteiger partial charge on any atom is 0.259 e. The first-order valence-corrected chi connectivity index (χ1v) is 10.9. The number of aromatic amines is 1. The molecule has 0 bridgehead atoms. The lowest BCUT2D eigenvalue weighted by Crippen LogP contribution is -2.34. The molecule has 0 amide bonds. The Morgan fingerprint density at radius 2 is 2.11 bits per heavy atom. The fraction of sp³-hybridized carbons (Fsp3) is 0.455. The maximum atomic E-state index is 12.7. The van der Waals surface area contributed by atoms with E-state index in [1.54, 1.807) is 11.3 Å². The molecule has 6 heteroatoms. The van der Waals surface area contributed by atoms with Crippen LogP contribution < -0.4 is 5.56 Å². The molecule has 1 aromatic carbocycles. The molecule has 1 atom stereocenters. The van der Waals surface area contributed by atoms with Crippen LogP contribution >= 0.6 is 11.3 Å². The van der Waals surface area contributed by atoms with Crippen LogP contribution in [0.1, 0.15) is 41.6 Å². The molecule has 0 spiro atoms. The highest BCUT2D eigenvalue weighted by atomic mass is 32.1. The molecular formula is C22H27N3O2S. The van der Waals surface area contributed by atoms with Crippen LogP contribution in [-0.4, -0.2) is 39.2 Å². The van der Waals surface area contributed by atoms with Gasteiger partial charge in [0.25, 0.3) is 5.56 Å². The SMILES string of the molecule is CCCN(Cc1nc2sc3c(c2c(=O)[nH]1)CCC3)CC(O)Cc1ccccc1. The van der Waals surface area contributed by atoms with E-state index in [4.69, 9.17) is 4.98 Å². The number of aliphatic hydroxyl groups excluding tert-OH is 1. The Balaban J connectivity index is 1.49. The van der Waals surface area contributed by atoms with Crippen molar-refractivity contribution >= 4 is 21.6 Å². The summed E-state index contributed by atoms with van der Waals surface area (Å²) in [6.07, 6.45) is 4.36. The third-order valence-electron chi connectivity index (χ3n) is 5.32. The molecule has 1 aliphatic rings. The summed E-state index contributed by atoms with van der Waals surface area (Å²) in [6, 6.07) is 10.0. The molecule has 1 unspecified atom stereocenters. The summed E-state index contributed by atoms with van der Waals surface area (Å²) in [5.74, 6) is 0.692. The van der Waals surface area contributed by atoms with E-state index < -0.39 is 6.10 Å². The number of thiophene rings is 1. The molecule has 28 heavy (non-hydrogen) atoms. The van der Waals surface area contributed by atoms with Crippen LogP contribution in [0.25, 0.3) is 10.2 Å². The van der Waals surface area contributed by atoms with Crippen molar-refractivity contribution in [3.05, 3.63) is 62.5 Å². The topological polar surface area (TPSA) is 69.2 Å². The third kappa shape index (κ3) is 4.19. The predicted octanol–water partition coefficient (Wildman–Crippen LogP) is 3.29. The number of hydrogen-bond donors (Lipinski definition) is 2. The third-order valence-corrected chi connectivity index (χ3v) is 6.51. The smallest absolute Gasteiger partial charge is 0.259 e. The van der Waals surface area contributed by atoms with Gasteiger partial charge in [-0.2, -0.15) is 0 Å². The van der Waals surface area contributed by atoms with E-state index in [0.717, 1.165) is 48.0 Å². The Labute approximate surface area is 169 Å². The Hall–Kier alpha value is -2.02. The van der Waals surface area contributed by atoms with E-state index in [9.17, 15) is 9.90 Å². The zero-order valence-electron chi connectivity index (χ0n) is 16.3. The molecule has 5 nitrogen and oxygen atoms in total. The second-order valence-electron chi connectivity index (χ2n) is 7.63. The summed E-state index contributed by atoms with van der Waals surface area (Å²) < 4.78 is 0. The van der Waals surface area contributed by atoms with Gasteiger partial charge in [0.2, 0.25) is 0 Å². The largest absolute Gasteiger partial charge is 0.391 e. The Bertz CT molecular complexity index is 996. The molecule has 0 saturated carbocycles. The first-order chi connectivity index (χ1) is 13.6. The van der Waals surface area contributed by atoms with Gasteiger partial charge in [-0.05, 0) is 49.8 Å². The standard InChI is InChI=1S/C22H27N3O2S/c1-2-11-25(13-16(26)12-15-7-4-3-5-8-15)14-19-23-21(27)20-17-9-6-10-18(17)28-22(20)24-19/h3-5,7-8,16,26H,2,6,9-14H2,1H3,(H,23,24,27). The molecule has 2 heterocycles. The number of nitrogens with zero attached hydrogens (tertiary/aromatic N) is 2. The van der Waals surface area contributed by atoms with Gasteiger partial charge in [0.1, 0.15) is 10.7 Å². The molecule has 0 radical (unpaired) electrons. The van der Waals surface area contributed by atoms with E-state index in [-0.39, 0.29) is 5.56 Å². The number of aryl methyl sites for hydroxylation is 2. The van der Waals surface area contributed by atoms with E-state index in [0.29, 0.717) is 25.3 Å². The summed E-state index contributed by atoms with van der Waals surface area (Å²) in [4.78, 5) is 24.8. The van der Waals surface area contributed by atoms with Crippen molar-refractivity contribution in [2.75, 3.05) is 13.1 Å². The minimum atomic E-state index is -0.449. The lowest BCUT2D eigenvalue weighted by Gasteiger charge is -2.24. The van der Waals surface area contributed by atoms with Crippen LogP contribution in [0.15, 0.2) is 35.1 Å². The highest BCUT2D eigenvalue weighted by molar-refractivity contribution is 7.18. The summed E-state index contributed by atoms with van der Waals surface area (Å²) in [7, 11) is 0. The second-order valence-corrected chi connectivity index (χ2v) is 8.71. The molecule has 1 aliphatic carbocycles. The Kier molecular flexibility index (Phi) is 5.90. The molecule has 0 saturated heterocycles. The molecule has 3 aromatic rings. The average molecular weight is 398 g/mol. The van der Waals surface area contributed by atoms with Crippen molar-refractivity contribution in [2.24, 2.45) is 0 Å². The van der Waals surface area contributed by atoms with Gasteiger partial charge in [0.05, 0.1) is 18.0 Å². The zero-order chi connectivity index (χ0) is 19.5. The first-order valence-electron chi connectivity index (χ1n) is 10.1. The minimum Gasteiger partial charge on any atom is -0.391 e. The summed E-state index contributed by atoms with van der Waals surface area (Å²) >= 11 is 1.67. The van der Waals surface area contributed by atoms with Gasteiger partial charge in [-0.25, -0.2) is 4.98 Å². The summed E-state index contributed by atoms with van der Waals surface area (Å²) in [5, 5.41) is 11.3. The van der Waals surface area contributed by atoms with Crippen molar-refractivity contribution < 1.29 is 5.11 Å². The fourth-order valence-electron chi connectivity index (χ4n) is 4.13. The quantitative estimate of drug-likeness (QED) is 0.612. The average Bonchev–Trinajstić information content (AvgIpc) is 3.23. The number of H-pyrrole nitrogens is 1. The molecule has 2 aromatic heterocycles. The molecule has 0 fully saturated rings. The van der Waals surface area contributed by atoms with Gasteiger partial charge < -0.3 is 10.1 Å². The number of fused-ring (bicyclic) bond motifs is 3. The number of benzene rings is 1. The lowest BCUT2D eigenvalue weighted by molar-refractivity contribution is 0.107. The van der Waals surface area contributed by atoms with Gasteiger partial charge in [0.15, 0.2) is 0 Å². The zero-order valence-corrected chi connectivity index (χ0v) is 17.1. The van der Waals surface area contributed by atoms with E-state index >= 15 is 0 Å². The number of hydrogen-bond acceptors (Lipinski definition) is 5. The highest BCUT2D eigenvalue weighted by Gasteiger charge is 2.21.